The van der Waals surface area contributed by atoms with E-state index in [1.807, 2.05) is 0 Å². The van der Waals surface area contributed by atoms with Crippen molar-refractivity contribution < 1.29 is 30.8 Å². The van der Waals surface area contributed by atoms with Crippen LogP contribution in [0.15, 0.2) is 71.8 Å². The number of sulfonamides is 1. The Morgan fingerprint density at radius 2 is 1.86 bits per heavy atom. The molecule has 12 heteroatoms. The third-order valence-electron chi connectivity index (χ3n) is 5.77. The lowest BCUT2D eigenvalue weighted by atomic mass is 10.1. The predicted molar refractivity (Wildman–Crippen MR) is 127 cm³/mol. The summed E-state index contributed by atoms with van der Waals surface area (Å²) in [5, 5.41) is 2.68. The molecule has 0 spiro atoms. The van der Waals surface area contributed by atoms with Gasteiger partial charge in [-0.3, -0.25) is 14.8 Å². The molecule has 7 nitrogen and oxygen atoms in total. The van der Waals surface area contributed by atoms with E-state index in [2.05, 4.69) is 21.9 Å². The van der Waals surface area contributed by atoms with Gasteiger partial charge in [0.2, 0.25) is 15.9 Å². The highest BCUT2D eigenvalue weighted by molar-refractivity contribution is 7.89. The number of hydrogen-bond acceptors (Lipinski definition) is 5. The third kappa shape index (κ3) is 5.86. The van der Waals surface area contributed by atoms with Crippen molar-refractivity contribution in [3.05, 3.63) is 89.6 Å². The lowest BCUT2D eigenvalue weighted by molar-refractivity contribution is -0.137. The smallest absolute Gasteiger partial charge is 0.349 e. The highest BCUT2D eigenvalue weighted by atomic mass is 32.2. The molecule has 0 aliphatic carbocycles. The second kappa shape index (κ2) is 10.0. The second-order valence-corrected chi connectivity index (χ2v) is 10.5. The Bertz CT molecular complexity index is 1440. The number of benzene rings is 1. The number of aryl methyl sites for hydroxylation is 1. The summed E-state index contributed by atoms with van der Waals surface area (Å²) in [4.78, 5) is 21.1. The van der Waals surface area contributed by atoms with Gasteiger partial charge in [0.05, 0.1) is 28.4 Å². The van der Waals surface area contributed by atoms with Gasteiger partial charge < -0.3 is 5.32 Å². The fourth-order valence-electron chi connectivity index (χ4n) is 3.99. The average Bonchev–Trinajstić information content (AvgIpc) is 3.25. The van der Waals surface area contributed by atoms with E-state index in [0.29, 0.717) is 28.2 Å². The molecular weight excluding hydrogens is 512 g/mol. The molecule has 2 aromatic heterocycles. The maximum Gasteiger partial charge on any atom is 0.417 e. The molecule has 1 fully saturated rings. The molecule has 1 N–H and O–H groups in total. The first-order valence-electron chi connectivity index (χ1n) is 11.1. The molecule has 0 unspecified atom stereocenters. The Kier molecular flexibility index (Phi) is 7.16. The Labute approximate surface area is 210 Å². The standard InChI is InChI=1S/C25H22F4N4O3S/c1-15-9-23(33(14-15)37(35,36)21-6-4-19(26)5-7-21)24(34)31-13-20-11-17(10-16(2)32-20)22-8-3-18(12-30-22)25(27,28)29/h3-8,10-12,23H,1,9,13-14H2,2H3,(H,31,34)/t23-/m0/s1. The zero-order valence-electron chi connectivity index (χ0n) is 19.6. The first-order chi connectivity index (χ1) is 17.3. The summed E-state index contributed by atoms with van der Waals surface area (Å²) in [6.07, 6.45) is -3.64. The van der Waals surface area contributed by atoms with Crippen molar-refractivity contribution in [2.24, 2.45) is 0 Å². The van der Waals surface area contributed by atoms with Crippen molar-refractivity contribution in [2.75, 3.05) is 6.54 Å². The summed E-state index contributed by atoms with van der Waals surface area (Å²) in [5.74, 6) is -1.16. The van der Waals surface area contributed by atoms with E-state index < -0.39 is 39.5 Å². The van der Waals surface area contributed by atoms with Crippen LogP contribution >= 0.6 is 0 Å². The first-order valence-corrected chi connectivity index (χ1v) is 12.5. The minimum atomic E-state index is -4.50. The van der Waals surface area contributed by atoms with Crippen molar-refractivity contribution in [1.82, 2.24) is 19.6 Å². The van der Waals surface area contributed by atoms with Crippen LogP contribution in [0.4, 0.5) is 17.6 Å². The van der Waals surface area contributed by atoms with Crippen molar-refractivity contribution in [1.29, 1.82) is 0 Å². The van der Waals surface area contributed by atoms with Crippen LogP contribution in [0.1, 0.15) is 23.4 Å². The van der Waals surface area contributed by atoms with E-state index in [0.717, 1.165) is 40.8 Å². The quantitative estimate of drug-likeness (QED) is 0.377. The zero-order chi connectivity index (χ0) is 27.0. The number of pyridine rings is 2. The van der Waals surface area contributed by atoms with Crippen LogP contribution in [0.3, 0.4) is 0 Å². The second-order valence-electron chi connectivity index (χ2n) is 8.61. The number of hydrogen-bond donors (Lipinski definition) is 1. The van der Waals surface area contributed by atoms with E-state index in [4.69, 9.17) is 0 Å². The SMILES string of the molecule is C=C1C[C@@H](C(=O)NCc2cc(-c3ccc(C(F)(F)F)cn3)cc(C)n2)N(S(=O)(=O)c2ccc(F)cc2)C1. The van der Waals surface area contributed by atoms with Gasteiger partial charge in [-0.15, -0.1) is 0 Å². The van der Waals surface area contributed by atoms with Crippen LogP contribution in [0, 0.1) is 12.7 Å². The molecule has 0 radical (unpaired) electrons. The van der Waals surface area contributed by atoms with Crippen molar-refractivity contribution in [3.8, 4) is 11.3 Å². The Hall–Kier alpha value is -3.64. The van der Waals surface area contributed by atoms with Crippen molar-refractivity contribution in [2.45, 2.75) is 37.0 Å². The molecule has 1 aromatic carbocycles. The molecular formula is C25H22F4N4O3S. The lowest BCUT2D eigenvalue weighted by Crippen LogP contribution is -2.45. The molecule has 1 amide bonds. The predicted octanol–water partition coefficient (Wildman–Crippen LogP) is 4.25. The highest BCUT2D eigenvalue weighted by Gasteiger charge is 2.41. The monoisotopic (exact) mass is 534 g/mol. The van der Waals surface area contributed by atoms with Gasteiger partial charge in [-0.25, -0.2) is 12.8 Å². The number of nitrogens with one attached hydrogen (secondary N) is 1. The van der Waals surface area contributed by atoms with Gasteiger partial charge in [0.15, 0.2) is 0 Å². The molecule has 4 rings (SSSR count). The molecule has 194 valence electrons. The van der Waals surface area contributed by atoms with Crippen LogP contribution in [-0.2, 0) is 27.5 Å². The van der Waals surface area contributed by atoms with E-state index in [9.17, 15) is 30.8 Å². The Morgan fingerprint density at radius 1 is 1.16 bits per heavy atom. The normalized spacial score (nSPS) is 16.7. The average molecular weight is 535 g/mol. The fourth-order valence-corrected chi connectivity index (χ4v) is 5.60. The summed E-state index contributed by atoms with van der Waals surface area (Å²) < 4.78 is 79.0. The number of nitrogens with zero attached hydrogens (tertiary/aromatic N) is 3. The van der Waals surface area contributed by atoms with Gasteiger partial charge >= 0.3 is 6.18 Å². The zero-order valence-corrected chi connectivity index (χ0v) is 20.4. The summed E-state index contributed by atoms with van der Waals surface area (Å²) >= 11 is 0. The number of halogens is 4. The first kappa shape index (κ1) is 26.4. The fraction of sp³-hybridized carbons (Fsp3) is 0.240. The van der Waals surface area contributed by atoms with Crippen LogP contribution in [0.5, 0.6) is 0 Å². The summed E-state index contributed by atoms with van der Waals surface area (Å²) in [6.45, 7) is 5.40. The number of carbonyl (C=O) groups excluding carboxylic acids is 1. The molecule has 1 aliphatic heterocycles. The van der Waals surface area contributed by atoms with E-state index in [1.165, 1.54) is 6.07 Å². The number of carbonyl (C=O) groups is 1. The van der Waals surface area contributed by atoms with Gasteiger partial charge in [-0.05, 0) is 61.9 Å². The van der Waals surface area contributed by atoms with E-state index in [-0.39, 0.29) is 24.4 Å². The van der Waals surface area contributed by atoms with E-state index in [1.54, 1.807) is 19.1 Å². The number of amides is 1. The molecule has 0 bridgehead atoms. The van der Waals surface area contributed by atoms with Crippen molar-refractivity contribution in [3.63, 3.8) is 0 Å². The molecule has 1 atom stereocenters. The number of rotatable bonds is 6. The minimum Gasteiger partial charge on any atom is -0.349 e. The van der Waals surface area contributed by atoms with Gasteiger partial charge in [-0.2, -0.15) is 17.5 Å². The lowest BCUT2D eigenvalue weighted by Gasteiger charge is -2.23. The van der Waals surface area contributed by atoms with Gasteiger partial charge in [0.1, 0.15) is 11.9 Å². The molecule has 1 aliphatic rings. The summed E-state index contributed by atoms with van der Waals surface area (Å²) in [5.41, 5.74) is 1.46. The van der Waals surface area contributed by atoms with Crippen LogP contribution in [0.25, 0.3) is 11.3 Å². The molecule has 3 heterocycles. The Balaban J connectivity index is 1.50. The summed E-state index contributed by atoms with van der Waals surface area (Å²) in [7, 11) is -4.09. The van der Waals surface area contributed by atoms with E-state index >= 15 is 0 Å². The largest absolute Gasteiger partial charge is 0.417 e. The minimum absolute atomic E-state index is 0.0514. The summed E-state index contributed by atoms with van der Waals surface area (Å²) in [6, 6.07) is 8.69. The van der Waals surface area contributed by atoms with Gasteiger partial charge in [-0.1, -0.05) is 12.2 Å². The van der Waals surface area contributed by atoms with Crippen LogP contribution in [0.2, 0.25) is 0 Å². The maximum atomic E-state index is 13.3. The van der Waals surface area contributed by atoms with Crippen LogP contribution in [-0.4, -0.2) is 41.2 Å². The maximum absolute atomic E-state index is 13.3. The number of aromatic nitrogens is 2. The number of alkyl halides is 3. The Morgan fingerprint density at radius 3 is 2.49 bits per heavy atom. The van der Waals surface area contributed by atoms with Gasteiger partial charge in [0, 0.05) is 24.0 Å². The van der Waals surface area contributed by atoms with Gasteiger partial charge in [0.25, 0.3) is 0 Å². The molecule has 37 heavy (non-hydrogen) atoms. The third-order valence-corrected chi connectivity index (χ3v) is 7.64. The molecule has 1 saturated heterocycles. The molecule has 0 saturated carbocycles. The molecule has 3 aromatic rings. The van der Waals surface area contributed by atoms with Crippen LogP contribution < -0.4 is 5.32 Å². The topological polar surface area (TPSA) is 92.3 Å². The highest BCUT2D eigenvalue weighted by Crippen LogP contribution is 2.31. The van der Waals surface area contributed by atoms with Crippen molar-refractivity contribution >= 4 is 15.9 Å².